The summed E-state index contributed by atoms with van der Waals surface area (Å²) in [5.74, 6) is 0.289. The third kappa shape index (κ3) is 4.32. The van der Waals surface area contributed by atoms with Crippen molar-refractivity contribution in [3.63, 3.8) is 0 Å². The van der Waals surface area contributed by atoms with E-state index in [0.29, 0.717) is 13.2 Å². The number of hydrogen-bond acceptors (Lipinski definition) is 2. The molecule has 0 saturated carbocycles. The Labute approximate surface area is 122 Å². The van der Waals surface area contributed by atoms with E-state index in [1.54, 1.807) is 0 Å². The molecule has 0 heterocycles. The van der Waals surface area contributed by atoms with Crippen molar-refractivity contribution in [3.8, 4) is 0 Å². The lowest BCUT2D eigenvalue weighted by Crippen LogP contribution is -2.32. The van der Waals surface area contributed by atoms with Gasteiger partial charge in [-0.2, -0.15) is 0 Å². The predicted molar refractivity (Wildman–Crippen MR) is 79.6 cm³/mol. The molecule has 4 heteroatoms. The predicted octanol–water partition coefficient (Wildman–Crippen LogP) is 2.32. The molecule has 0 radical (unpaired) electrons. The molecule has 1 aromatic rings. The van der Waals surface area contributed by atoms with Crippen LogP contribution in [-0.2, 0) is 22.4 Å². The Morgan fingerprint density at radius 1 is 1.26 bits per heavy atom. The fourth-order valence-corrected chi connectivity index (χ4v) is 2.66. The molecule has 1 N–H and O–H groups in total. The normalized spacial score (nSPS) is 14.4. The number of hydrogen-bond donors (Lipinski definition) is 1. The zero-order valence-corrected chi connectivity index (χ0v) is 12.6. The highest BCUT2D eigenvalue weighted by molar-refractivity contribution is 9.09. The van der Waals surface area contributed by atoms with Crippen LogP contribution in [0.1, 0.15) is 17.5 Å². The number of benzene rings is 1. The van der Waals surface area contributed by atoms with E-state index in [9.17, 15) is 4.79 Å². The van der Waals surface area contributed by atoms with Crippen LogP contribution in [0.15, 0.2) is 24.3 Å². The van der Waals surface area contributed by atoms with Crippen LogP contribution in [0.25, 0.3) is 0 Å². The summed E-state index contributed by atoms with van der Waals surface area (Å²) in [4.78, 5) is 12.0. The maximum atomic E-state index is 12.0. The number of rotatable bonds is 7. The smallest absolute Gasteiger partial charge is 0.223 e. The number of nitrogens with one attached hydrogen (secondary N) is 1. The average molecular weight is 326 g/mol. The minimum atomic E-state index is 0.112. The Morgan fingerprint density at radius 3 is 2.58 bits per heavy atom. The van der Waals surface area contributed by atoms with Crippen molar-refractivity contribution in [3.05, 3.63) is 35.4 Å². The molecule has 1 amide bonds. The van der Waals surface area contributed by atoms with Gasteiger partial charge in [-0.3, -0.25) is 4.79 Å². The number of amides is 1. The second-order valence-corrected chi connectivity index (χ2v) is 5.61. The van der Waals surface area contributed by atoms with Crippen LogP contribution in [0.5, 0.6) is 0 Å². The van der Waals surface area contributed by atoms with Crippen molar-refractivity contribution < 1.29 is 9.53 Å². The Morgan fingerprint density at radius 2 is 1.95 bits per heavy atom. The maximum absolute atomic E-state index is 12.0. The van der Waals surface area contributed by atoms with Crippen LogP contribution in [0.2, 0.25) is 0 Å². The van der Waals surface area contributed by atoms with Gasteiger partial charge in [0.15, 0.2) is 0 Å². The van der Waals surface area contributed by atoms with Crippen LogP contribution in [0.3, 0.4) is 0 Å². The standard InChI is InChI=1S/C15H20BrNO2/c16-6-9-19-8-3-7-17-15(18)14-10-12-4-1-2-5-13(12)11-14/h1-2,4-5,14H,3,6-11H2,(H,17,18). The Kier molecular flexibility index (Phi) is 5.86. The van der Waals surface area contributed by atoms with E-state index in [0.717, 1.165) is 31.2 Å². The summed E-state index contributed by atoms with van der Waals surface area (Å²) in [6.45, 7) is 2.14. The first-order valence-electron chi connectivity index (χ1n) is 6.79. The van der Waals surface area contributed by atoms with Crippen LogP contribution in [-0.4, -0.2) is 31.0 Å². The molecule has 0 spiro atoms. The lowest BCUT2D eigenvalue weighted by Gasteiger charge is -2.10. The first-order valence-corrected chi connectivity index (χ1v) is 7.91. The van der Waals surface area contributed by atoms with Gasteiger partial charge < -0.3 is 10.1 Å². The van der Waals surface area contributed by atoms with Crippen molar-refractivity contribution >= 4 is 21.8 Å². The SMILES string of the molecule is O=C(NCCCOCCBr)C1Cc2ccccc2C1. The summed E-state index contributed by atoms with van der Waals surface area (Å²) in [5, 5.41) is 3.87. The molecule has 0 bridgehead atoms. The largest absolute Gasteiger partial charge is 0.381 e. The number of carbonyl (C=O) groups excluding carboxylic acids is 1. The van der Waals surface area contributed by atoms with Gasteiger partial charge in [0.2, 0.25) is 5.91 Å². The molecule has 0 saturated heterocycles. The maximum Gasteiger partial charge on any atom is 0.223 e. The van der Waals surface area contributed by atoms with Crippen LogP contribution < -0.4 is 5.32 Å². The van der Waals surface area contributed by atoms with Gasteiger partial charge in [-0.15, -0.1) is 0 Å². The molecule has 19 heavy (non-hydrogen) atoms. The van der Waals surface area contributed by atoms with Gasteiger partial charge in [-0.1, -0.05) is 40.2 Å². The highest BCUT2D eigenvalue weighted by atomic mass is 79.9. The summed E-state index contributed by atoms with van der Waals surface area (Å²) in [7, 11) is 0. The fraction of sp³-hybridized carbons (Fsp3) is 0.533. The van der Waals surface area contributed by atoms with Crippen molar-refractivity contribution in [2.24, 2.45) is 5.92 Å². The number of fused-ring (bicyclic) bond motifs is 1. The van der Waals surface area contributed by atoms with Crippen LogP contribution in [0, 0.1) is 5.92 Å². The Bertz CT molecular complexity index is 397. The monoisotopic (exact) mass is 325 g/mol. The van der Waals surface area contributed by atoms with E-state index in [1.807, 2.05) is 12.1 Å². The molecule has 1 aromatic carbocycles. The molecule has 0 aliphatic heterocycles. The van der Waals surface area contributed by atoms with Gasteiger partial charge in [0.25, 0.3) is 0 Å². The van der Waals surface area contributed by atoms with Crippen LogP contribution >= 0.6 is 15.9 Å². The van der Waals surface area contributed by atoms with Gasteiger partial charge in [0.05, 0.1) is 6.61 Å². The summed E-state index contributed by atoms with van der Waals surface area (Å²) in [6.07, 6.45) is 2.63. The Hall–Kier alpha value is -0.870. The van der Waals surface area contributed by atoms with Gasteiger partial charge in [0, 0.05) is 24.4 Å². The average Bonchev–Trinajstić information content (AvgIpc) is 2.86. The minimum absolute atomic E-state index is 0.112. The lowest BCUT2D eigenvalue weighted by molar-refractivity contribution is -0.124. The van der Waals surface area contributed by atoms with E-state index < -0.39 is 0 Å². The molecule has 0 aromatic heterocycles. The third-order valence-corrected chi connectivity index (χ3v) is 3.73. The number of carbonyl (C=O) groups is 1. The molecular weight excluding hydrogens is 306 g/mol. The summed E-state index contributed by atoms with van der Waals surface area (Å²) >= 11 is 3.31. The zero-order chi connectivity index (χ0) is 13.5. The van der Waals surface area contributed by atoms with Crippen molar-refractivity contribution in [1.29, 1.82) is 0 Å². The molecule has 3 nitrogen and oxygen atoms in total. The van der Waals surface area contributed by atoms with E-state index in [4.69, 9.17) is 4.74 Å². The second-order valence-electron chi connectivity index (χ2n) is 4.82. The van der Waals surface area contributed by atoms with Gasteiger partial charge in [-0.25, -0.2) is 0 Å². The van der Waals surface area contributed by atoms with E-state index in [1.165, 1.54) is 11.1 Å². The third-order valence-electron chi connectivity index (χ3n) is 3.41. The van der Waals surface area contributed by atoms with E-state index in [-0.39, 0.29) is 11.8 Å². The number of ether oxygens (including phenoxy) is 1. The van der Waals surface area contributed by atoms with Gasteiger partial charge in [0.1, 0.15) is 0 Å². The topological polar surface area (TPSA) is 38.3 Å². The summed E-state index contributed by atoms with van der Waals surface area (Å²) in [5.41, 5.74) is 2.65. The highest BCUT2D eigenvalue weighted by Crippen LogP contribution is 2.26. The highest BCUT2D eigenvalue weighted by Gasteiger charge is 2.26. The number of halogens is 1. The minimum Gasteiger partial charge on any atom is -0.381 e. The van der Waals surface area contributed by atoms with Crippen molar-refractivity contribution in [2.75, 3.05) is 25.1 Å². The van der Waals surface area contributed by atoms with Gasteiger partial charge in [-0.05, 0) is 30.4 Å². The molecule has 0 fully saturated rings. The van der Waals surface area contributed by atoms with E-state index in [2.05, 4.69) is 33.4 Å². The van der Waals surface area contributed by atoms with Crippen molar-refractivity contribution in [1.82, 2.24) is 5.32 Å². The first-order chi connectivity index (χ1) is 9.31. The first kappa shape index (κ1) is 14.5. The van der Waals surface area contributed by atoms with E-state index >= 15 is 0 Å². The molecule has 1 aliphatic carbocycles. The molecular formula is C15H20BrNO2. The molecule has 1 aliphatic rings. The second kappa shape index (κ2) is 7.65. The molecule has 104 valence electrons. The molecule has 0 atom stereocenters. The van der Waals surface area contributed by atoms with Crippen LogP contribution in [0.4, 0.5) is 0 Å². The molecule has 0 unspecified atom stereocenters. The zero-order valence-electron chi connectivity index (χ0n) is 11.0. The quantitative estimate of drug-likeness (QED) is 0.617. The van der Waals surface area contributed by atoms with Crippen molar-refractivity contribution in [2.45, 2.75) is 19.3 Å². The summed E-state index contributed by atoms with van der Waals surface area (Å²) < 4.78 is 5.34. The fourth-order valence-electron chi connectivity index (χ4n) is 2.43. The number of alkyl halides is 1. The Balaban J connectivity index is 1.66. The lowest BCUT2D eigenvalue weighted by atomic mass is 10.1. The summed E-state index contributed by atoms with van der Waals surface area (Å²) in [6, 6.07) is 8.33. The molecule has 2 rings (SSSR count). The van der Waals surface area contributed by atoms with Gasteiger partial charge >= 0.3 is 0 Å².